The quantitative estimate of drug-likeness (QED) is 0.0222. The van der Waals surface area contributed by atoms with Gasteiger partial charge in [-0.2, -0.15) is 0 Å². The van der Waals surface area contributed by atoms with E-state index in [0.29, 0.717) is 31.6 Å². The molecule has 2 unspecified atom stereocenters. The number of phosphoric ester groups is 2. The van der Waals surface area contributed by atoms with Gasteiger partial charge in [-0.05, 0) is 49.4 Å². The van der Waals surface area contributed by atoms with E-state index in [0.717, 1.165) is 114 Å². The highest BCUT2D eigenvalue weighted by Gasteiger charge is 2.30. The van der Waals surface area contributed by atoms with Crippen LogP contribution >= 0.6 is 15.6 Å². The third-order valence-electron chi connectivity index (χ3n) is 16.3. The summed E-state index contributed by atoms with van der Waals surface area (Å²) in [5.41, 5.74) is 0. The molecule has 3 N–H and O–H groups in total. The Hall–Kier alpha value is -1.94. The van der Waals surface area contributed by atoms with Crippen molar-refractivity contribution in [3.05, 3.63) is 0 Å². The van der Waals surface area contributed by atoms with Crippen LogP contribution in [0.4, 0.5) is 0 Å². The van der Waals surface area contributed by atoms with Crippen molar-refractivity contribution in [2.45, 2.75) is 369 Å². The first kappa shape index (κ1) is 88.1. The van der Waals surface area contributed by atoms with Gasteiger partial charge >= 0.3 is 39.5 Å². The van der Waals surface area contributed by atoms with Crippen LogP contribution in [0, 0.1) is 23.7 Å². The van der Waals surface area contributed by atoms with Crippen molar-refractivity contribution < 1.29 is 80.2 Å². The molecule has 0 bridgehead atoms. The molecule has 19 heteroatoms. The second-order valence-electron chi connectivity index (χ2n) is 27.5. The highest BCUT2D eigenvalue weighted by atomic mass is 31.2. The van der Waals surface area contributed by atoms with Crippen molar-refractivity contribution in [1.29, 1.82) is 0 Å². The zero-order valence-corrected chi connectivity index (χ0v) is 60.6. The minimum absolute atomic E-state index is 0.104. The molecule has 17 nitrogen and oxygen atoms in total. The number of rotatable bonds is 68. The maximum atomic E-state index is 13.0. The Kier molecular flexibility index (Phi) is 59.4. The first-order valence-corrected chi connectivity index (χ1v) is 39.7. The lowest BCUT2D eigenvalue weighted by Crippen LogP contribution is -2.30. The van der Waals surface area contributed by atoms with Gasteiger partial charge in [0.25, 0.3) is 0 Å². The van der Waals surface area contributed by atoms with Gasteiger partial charge in [-0.15, -0.1) is 0 Å². The summed E-state index contributed by atoms with van der Waals surface area (Å²) in [4.78, 5) is 72.5. The molecule has 0 saturated heterocycles. The molecule has 0 aliphatic rings. The van der Waals surface area contributed by atoms with Gasteiger partial charge in [0.15, 0.2) is 12.2 Å². The average molecular weight is 1330 g/mol. The molecule has 5 atom stereocenters. The lowest BCUT2D eigenvalue weighted by Gasteiger charge is -2.21. The highest BCUT2D eigenvalue weighted by Crippen LogP contribution is 2.45. The Morgan fingerprint density at radius 1 is 0.278 bits per heavy atom. The molecule has 0 aromatic heterocycles. The largest absolute Gasteiger partial charge is 0.472 e. The molecule has 0 radical (unpaired) electrons. The van der Waals surface area contributed by atoms with E-state index in [1.165, 1.54) is 148 Å². The number of hydrogen-bond acceptors (Lipinski definition) is 15. The van der Waals surface area contributed by atoms with Gasteiger partial charge in [-0.1, -0.05) is 299 Å². The van der Waals surface area contributed by atoms with Crippen LogP contribution in [0.25, 0.3) is 0 Å². The highest BCUT2D eigenvalue weighted by molar-refractivity contribution is 7.47. The zero-order chi connectivity index (χ0) is 66.8. The van der Waals surface area contributed by atoms with Gasteiger partial charge in [0, 0.05) is 25.7 Å². The lowest BCUT2D eigenvalue weighted by atomic mass is 10.0. The second-order valence-corrected chi connectivity index (χ2v) is 30.4. The number of ether oxygens (including phenoxy) is 4. The normalized spacial score (nSPS) is 14.3. The summed E-state index contributed by atoms with van der Waals surface area (Å²) in [6, 6.07) is 0. The maximum absolute atomic E-state index is 13.0. The molecular weight excluding hydrogens is 1190 g/mol. The Balaban J connectivity index is 5.24. The molecule has 0 fully saturated rings. The number of phosphoric acid groups is 2. The number of unbranched alkanes of at least 4 members (excludes halogenated alkanes) is 34. The monoisotopic (exact) mass is 1320 g/mol. The first-order valence-electron chi connectivity index (χ1n) is 36.7. The fraction of sp³-hybridized carbons (Fsp3) is 0.944. The van der Waals surface area contributed by atoms with E-state index in [4.69, 9.17) is 37.0 Å². The molecule has 0 saturated carbocycles. The number of carbonyl (C=O) groups is 4. The van der Waals surface area contributed by atoms with Gasteiger partial charge in [-0.25, -0.2) is 9.13 Å². The third-order valence-corrected chi connectivity index (χ3v) is 18.2. The summed E-state index contributed by atoms with van der Waals surface area (Å²) in [6.45, 7) is 14.1. The Bertz CT molecular complexity index is 1780. The van der Waals surface area contributed by atoms with E-state index in [2.05, 4.69) is 55.4 Å². The van der Waals surface area contributed by atoms with E-state index in [1.54, 1.807) is 0 Å². The van der Waals surface area contributed by atoms with Crippen LogP contribution in [0.1, 0.15) is 351 Å². The third kappa shape index (κ3) is 64.8. The van der Waals surface area contributed by atoms with Crippen molar-refractivity contribution in [2.24, 2.45) is 23.7 Å². The number of hydrogen-bond donors (Lipinski definition) is 3. The van der Waals surface area contributed by atoms with Crippen molar-refractivity contribution >= 4 is 39.5 Å². The van der Waals surface area contributed by atoms with Crippen LogP contribution in [0.15, 0.2) is 0 Å². The second kappa shape index (κ2) is 60.7. The van der Waals surface area contributed by atoms with Gasteiger partial charge < -0.3 is 33.8 Å². The summed E-state index contributed by atoms with van der Waals surface area (Å²) in [6.07, 6.45) is 43.2. The standard InChI is InChI=1S/C71H138O17P2/c1-61(2)47-39-31-23-17-12-10-9-11-13-20-26-35-43-51-68(73)81-57-66(87-70(75)53-45-37-27-21-15-14-18-24-32-40-48-62(3)4)59-85-89(77,78)83-55-65(72)56-84-90(79,80)86-60-67(58-82-69(74)52-44-36-30-29-34-42-50-64(7)8)88-71(76)54-46-38-28-22-16-19-25-33-41-49-63(5)6/h61-67,72H,9-60H2,1-8H3,(H,77,78)(H,79,80)/t65-,66-,67-/m1/s1. The van der Waals surface area contributed by atoms with Crippen molar-refractivity contribution in [3.8, 4) is 0 Å². The molecule has 0 aliphatic carbocycles. The molecular formula is C71H138O17P2. The minimum Gasteiger partial charge on any atom is -0.462 e. The number of aliphatic hydroxyl groups excluding tert-OH is 1. The van der Waals surface area contributed by atoms with Gasteiger partial charge in [-0.3, -0.25) is 37.3 Å². The average Bonchev–Trinajstić information content (AvgIpc) is 3.27. The number of carbonyl (C=O) groups excluding carboxylic acids is 4. The van der Waals surface area contributed by atoms with Crippen LogP contribution in [0.2, 0.25) is 0 Å². The van der Waals surface area contributed by atoms with Crippen LogP contribution < -0.4 is 0 Å². The van der Waals surface area contributed by atoms with Crippen molar-refractivity contribution in [1.82, 2.24) is 0 Å². The van der Waals surface area contributed by atoms with E-state index < -0.39 is 97.5 Å². The molecule has 90 heavy (non-hydrogen) atoms. The minimum atomic E-state index is -4.95. The Morgan fingerprint density at radius 3 is 0.689 bits per heavy atom. The van der Waals surface area contributed by atoms with Crippen molar-refractivity contribution in [2.75, 3.05) is 39.6 Å². The summed E-state index contributed by atoms with van der Waals surface area (Å²) in [5.74, 6) is 0.829. The number of aliphatic hydroxyl groups is 1. The van der Waals surface area contributed by atoms with Crippen LogP contribution in [-0.4, -0.2) is 96.7 Å². The summed E-state index contributed by atoms with van der Waals surface area (Å²) < 4.78 is 68.3. The van der Waals surface area contributed by atoms with Gasteiger partial charge in [0.1, 0.15) is 19.3 Å². The number of esters is 4. The Morgan fingerprint density at radius 2 is 0.467 bits per heavy atom. The molecule has 0 aromatic rings. The molecule has 0 spiro atoms. The van der Waals surface area contributed by atoms with E-state index in [-0.39, 0.29) is 25.7 Å². The topological polar surface area (TPSA) is 237 Å². The maximum Gasteiger partial charge on any atom is 0.472 e. The lowest BCUT2D eigenvalue weighted by molar-refractivity contribution is -0.161. The van der Waals surface area contributed by atoms with Crippen LogP contribution in [-0.2, 0) is 65.4 Å². The van der Waals surface area contributed by atoms with Gasteiger partial charge in [0.2, 0.25) is 0 Å². The van der Waals surface area contributed by atoms with E-state index in [1.807, 2.05) is 0 Å². The SMILES string of the molecule is CC(C)CCCCCCCCCCCCCCCC(=O)OC[C@H](COP(=O)(O)OC[C@@H](O)COP(=O)(O)OC[C@@H](COC(=O)CCCCCCCCC(C)C)OC(=O)CCCCCCCCCCCC(C)C)OC(=O)CCCCCCCCCCCCC(C)C. The fourth-order valence-electron chi connectivity index (χ4n) is 10.7. The van der Waals surface area contributed by atoms with E-state index in [9.17, 15) is 43.2 Å². The molecule has 0 rings (SSSR count). The molecule has 0 aliphatic heterocycles. The summed E-state index contributed by atoms with van der Waals surface area (Å²) in [5, 5.41) is 10.6. The Labute approximate surface area is 549 Å². The molecule has 0 aromatic carbocycles. The molecule has 0 heterocycles. The van der Waals surface area contributed by atoms with Crippen LogP contribution in [0.3, 0.4) is 0 Å². The zero-order valence-electron chi connectivity index (χ0n) is 58.8. The predicted octanol–water partition coefficient (Wildman–Crippen LogP) is 20.1. The first-order chi connectivity index (χ1) is 43.1. The predicted molar refractivity (Wildman–Crippen MR) is 363 cm³/mol. The molecule has 534 valence electrons. The summed E-state index contributed by atoms with van der Waals surface area (Å²) in [7, 11) is -9.90. The summed E-state index contributed by atoms with van der Waals surface area (Å²) >= 11 is 0. The molecule has 0 amide bonds. The van der Waals surface area contributed by atoms with E-state index >= 15 is 0 Å². The van der Waals surface area contributed by atoms with Gasteiger partial charge in [0.05, 0.1) is 26.4 Å². The van der Waals surface area contributed by atoms with Crippen molar-refractivity contribution in [3.63, 3.8) is 0 Å². The smallest absolute Gasteiger partial charge is 0.462 e. The van der Waals surface area contributed by atoms with Crippen LogP contribution in [0.5, 0.6) is 0 Å². The fourth-order valence-corrected chi connectivity index (χ4v) is 12.2.